The van der Waals surface area contributed by atoms with Crippen molar-refractivity contribution in [1.82, 2.24) is 0 Å². The van der Waals surface area contributed by atoms with Crippen LogP contribution in [0.4, 0.5) is 5.69 Å². The molecule has 0 unspecified atom stereocenters. The van der Waals surface area contributed by atoms with E-state index in [-0.39, 0.29) is 6.29 Å². The Bertz CT molecular complexity index is 319. The number of nitrogens with two attached hydrogens (primary N) is 1. The molecule has 0 heterocycles. The summed E-state index contributed by atoms with van der Waals surface area (Å²) in [7, 11) is 0. The second-order valence-corrected chi connectivity index (χ2v) is 2.84. The Hall–Kier alpha value is -1.68. The second-order valence-electron chi connectivity index (χ2n) is 2.84. The Labute approximate surface area is 82.1 Å². The normalized spacial score (nSPS) is 9.50. The van der Waals surface area contributed by atoms with Gasteiger partial charge in [0.2, 0.25) is 6.29 Å². The lowest BCUT2D eigenvalue weighted by atomic mass is 10.1. The molecule has 0 bridgehead atoms. The molecule has 4 heteroatoms. The van der Waals surface area contributed by atoms with Crippen molar-refractivity contribution in [2.45, 2.75) is 6.42 Å². The SMILES string of the molecule is NCCc1ccc(NC(=O)C=O)cc1. The van der Waals surface area contributed by atoms with Crippen molar-refractivity contribution in [3.8, 4) is 0 Å². The number of anilines is 1. The lowest BCUT2D eigenvalue weighted by Crippen LogP contribution is -2.12. The van der Waals surface area contributed by atoms with Crippen molar-refractivity contribution in [3.63, 3.8) is 0 Å². The lowest BCUT2D eigenvalue weighted by molar-refractivity contribution is -0.127. The molecule has 0 atom stereocenters. The number of benzene rings is 1. The van der Waals surface area contributed by atoms with Crippen LogP contribution < -0.4 is 11.1 Å². The van der Waals surface area contributed by atoms with Crippen LogP contribution in [-0.4, -0.2) is 18.7 Å². The van der Waals surface area contributed by atoms with Gasteiger partial charge in [-0.2, -0.15) is 0 Å². The van der Waals surface area contributed by atoms with Gasteiger partial charge in [-0.3, -0.25) is 9.59 Å². The van der Waals surface area contributed by atoms with Gasteiger partial charge in [0.15, 0.2) is 0 Å². The fourth-order valence-electron chi connectivity index (χ4n) is 1.09. The molecule has 1 aromatic carbocycles. The van der Waals surface area contributed by atoms with E-state index in [1.807, 2.05) is 12.1 Å². The van der Waals surface area contributed by atoms with Gasteiger partial charge in [0.05, 0.1) is 0 Å². The zero-order valence-corrected chi connectivity index (χ0v) is 7.69. The van der Waals surface area contributed by atoms with Gasteiger partial charge in [-0.05, 0) is 30.7 Å². The van der Waals surface area contributed by atoms with E-state index in [1.165, 1.54) is 0 Å². The van der Waals surface area contributed by atoms with Crippen molar-refractivity contribution in [3.05, 3.63) is 29.8 Å². The topological polar surface area (TPSA) is 72.2 Å². The molecule has 14 heavy (non-hydrogen) atoms. The molecule has 1 aromatic rings. The van der Waals surface area contributed by atoms with Crippen molar-refractivity contribution in [2.75, 3.05) is 11.9 Å². The van der Waals surface area contributed by atoms with Gasteiger partial charge < -0.3 is 11.1 Å². The molecule has 0 radical (unpaired) electrons. The standard InChI is InChI=1S/C10H12N2O2/c11-6-5-8-1-3-9(4-2-8)12-10(14)7-13/h1-4,7H,5-6,11H2,(H,12,14). The molecular formula is C10H12N2O2. The molecule has 0 saturated carbocycles. The maximum atomic E-state index is 10.7. The van der Waals surface area contributed by atoms with Crippen LogP contribution in [-0.2, 0) is 16.0 Å². The van der Waals surface area contributed by atoms with Crippen LogP contribution in [0.25, 0.3) is 0 Å². The fourth-order valence-corrected chi connectivity index (χ4v) is 1.09. The van der Waals surface area contributed by atoms with Crippen molar-refractivity contribution < 1.29 is 9.59 Å². The first-order chi connectivity index (χ1) is 6.76. The number of hydrogen-bond donors (Lipinski definition) is 2. The average molecular weight is 192 g/mol. The van der Waals surface area contributed by atoms with E-state index in [9.17, 15) is 9.59 Å². The molecule has 0 fully saturated rings. The highest BCUT2D eigenvalue weighted by molar-refractivity contribution is 6.29. The Morgan fingerprint density at radius 2 is 2.00 bits per heavy atom. The highest BCUT2D eigenvalue weighted by Crippen LogP contribution is 2.09. The number of aldehydes is 1. The third-order valence-corrected chi connectivity index (χ3v) is 1.76. The van der Waals surface area contributed by atoms with Gasteiger partial charge in [0.25, 0.3) is 5.91 Å². The molecule has 0 aromatic heterocycles. The first-order valence-corrected chi connectivity index (χ1v) is 4.31. The third-order valence-electron chi connectivity index (χ3n) is 1.76. The van der Waals surface area contributed by atoms with Crippen molar-refractivity contribution >= 4 is 17.9 Å². The van der Waals surface area contributed by atoms with Crippen molar-refractivity contribution in [1.29, 1.82) is 0 Å². The van der Waals surface area contributed by atoms with Crippen LogP contribution in [0.2, 0.25) is 0 Å². The molecule has 0 aliphatic heterocycles. The molecule has 0 aliphatic rings. The lowest BCUT2D eigenvalue weighted by Gasteiger charge is -2.02. The summed E-state index contributed by atoms with van der Waals surface area (Å²) < 4.78 is 0. The van der Waals surface area contributed by atoms with Gasteiger partial charge >= 0.3 is 0 Å². The zero-order valence-electron chi connectivity index (χ0n) is 7.69. The van der Waals surface area contributed by atoms with E-state index in [0.717, 1.165) is 12.0 Å². The van der Waals surface area contributed by atoms with Crippen LogP contribution in [0.15, 0.2) is 24.3 Å². The molecular weight excluding hydrogens is 180 g/mol. The highest BCUT2D eigenvalue weighted by Gasteiger charge is 1.98. The monoisotopic (exact) mass is 192 g/mol. The van der Waals surface area contributed by atoms with E-state index >= 15 is 0 Å². The quantitative estimate of drug-likeness (QED) is 0.533. The summed E-state index contributed by atoms with van der Waals surface area (Å²) in [6.07, 6.45) is 1.05. The molecule has 74 valence electrons. The Morgan fingerprint density at radius 1 is 1.36 bits per heavy atom. The molecule has 4 nitrogen and oxygen atoms in total. The summed E-state index contributed by atoms with van der Waals surface area (Å²) in [5.41, 5.74) is 7.11. The number of rotatable bonds is 4. The molecule has 0 saturated heterocycles. The summed E-state index contributed by atoms with van der Waals surface area (Å²) in [5.74, 6) is -0.642. The van der Waals surface area contributed by atoms with Crippen molar-refractivity contribution in [2.24, 2.45) is 5.73 Å². The number of carbonyl (C=O) groups excluding carboxylic acids is 2. The smallest absolute Gasteiger partial charge is 0.288 e. The molecule has 3 N–H and O–H groups in total. The third kappa shape index (κ3) is 2.99. The van der Waals surface area contributed by atoms with E-state index in [4.69, 9.17) is 5.73 Å². The van der Waals surface area contributed by atoms with E-state index in [1.54, 1.807) is 12.1 Å². The fraction of sp³-hybridized carbons (Fsp3) is 0.200. The summed E-state index contributed by atoms with van der Waals surface area (Å²) in [6.45, 7) is 0.597. The van der Waals surface area contributed by atoms with Crippen LogP contribution in [0.3, 0.4) is 0 Å². The maximum Gasteiger partial charge on any atom is 0.288 e. The number of nitrogens with one attached hydrogen (secondary N) is 1. The largest absolute Gasteiger partial charge is 0.330 e. The summed E-state index contributed by atoms with van der Waals surface area (Å²) in [6, 6.07) is 7.22. The summed E-state index contributed by atoms with van der Waals surface area (Å²) >= 11 is 0. The van der Waals surface area contributed by atoms with E-state index in [2.05, 4.69) is 5.32 Å². The van der Waals surface area contributed by atoms with E-state index in [0.29, 0.717) is 12.2 Å². The minimum absolute atomic E-state index is 0.244. The van der Waals surface area contributed by atoms with Gasteiger partial charge in [0, 0.05) is 5.69 Å². The number of amides is 1. The predicted octanol–water partition coefficient (Wildman–Crippen LogP) is 0.325. The minimum Gasteiger partial charge on any atom is -0.330 e. The summed E-state index contributed by atoms with van der Waals surface area (Å²) in [5, 5.41) is 2.42. The Morgan fingerprint density at radius 3 is 2.50 bits per heavy atom. The summed E-state index contributed by atoms with van der Waals surface area (Å²) in [4.78, 5) is 20.7. The minimum atomic E-state index is -0.642. The number of hydrogen-bond acceptors (Lipinski definition) is 3. The molecule has 0 aliphatic carbocycles. The van der Waals surface area contributed by atoms with Crippen LogP contribution in [0.1, 0.15) is 5.56 Å². The first-order valence-electron chi connectivity index (χ1n) is 4.31. The predicted molar refractivity (Wildman–Crippen MR) is 53.9 cm³/mol. The average Bonchev–Trinajstić information content (AvgIpc) is 2.21. The van der Waals surface area contributed by atoms with Gasteiger partial charge in [0.1, 0.15) is 0 Å². The first kappa shape index (κ1) is 10.4. The van der Waals surface area contributed by atoms with Gasteiger partial charge in [-0.1, -0.05) is 12.1 Å². The highest BCUT2D eigenvalue weighted by atomic mass is 16.2. The van der Waals surface area contributed by atoms with E-state index < -0.39 is 5.91 Å². The maximum absolute atomic E-state index is 10.7. The Balaban J connectivity index is 2.63. The zero-order chi connectivity index (χ0) is 10.4. The number of carbonyl (C=O) groups is 2. The van der Waals surface area contributed by atoms with Crippen LogP contribution >= 0.6 is 0 Å². The molecule has 1 rings (SSSR count). The van der Waals surface area contributed by atoms with Gasteiger partial charge in [-0.25, -0.2) is 0 Å². The second kappa shape index (κ2) is 5.14. The molecule has 0 spiro atoms. The van der Waals surface area contributed by atoms with Crippen LogP contribution in [0, 0.1) is 0 Å². The Kier molecular flexibility index (Phi) is 3.82. The molecule has 1 amide bonds. The van der Waals surface area contributed by atoms with Gasteiger partial charge in [-0.15, -0.1) is 0 Å². The van der Waals surface area contributed by atoms with Crippen LogP contribution in [0.5, 0.6) is 0 Å².